The fraction of sp³-hybridized carbons (Fsp3) is 0.417. The average Bonchev–Trinajstić information content (AvgIpc) is 2.74. The van der Waals surface area contributed by atoms with Gasteiger partial charge in [0.05, 0.1) is 4.90 Å². The number of hydrogen-bond donors (Lipinski definition) is 2. The number of piperidine rings is 1. The van der Waals surface area contributed by atoms with Crippen LogP contribution < -0.4 is 10.0 Å². The number of benzene rings is 2. The van der Waals surface area contributed by atoms with E-state index in [-0.39, 0.29) is 22.6 Å². The second-order valence-corrected chi connectivity index (χ2v) is 11.0. The van der Waals surface area contributed by atoms with Gasteiger partial charge in [-0.2, -0.15) is 0 Å². The maximum Gasteiger partial charge on any atom is 0.261 e. The van der Waals surface area contributed by atoms with Crippen LogP contribution >= 0.6 is 0 Å². The van der Waals surface area contributed by atoms with Crippen molar-refractivity contribution >= 4 is 33.2 Å². The molecule has 1 heterocycles. The molecule has 0 aliphatic carbocycles. The van der Waals surface area contributed by atoms with Gasteiger partial charge in [-0.05, 0) is 56.2 Å². The molecule has 0 unspecified atom stereocenters. The zero-order valence-corrected chi connectivity index (χ0v) is 19.8. The Hall–Kier alpha value is -2.87. The lowest BCUT2D eigenvalue weighted by Crippen LogP contribution is -2.45. The quantitative estimate of drug-likeness (QED) is 0.709. The predicted octanol–water partition coefficient (Wildman–Crippen LogP) is 4.02. The molecule has 0 radical (unpaired) electrons. The lowest BCUT2D eigenvalue weighted by Gasteiger charge is -2.35. The number of sulfonamides is 1. The summed E-state index contributed by atoms with van der Waals surface area (Å²) < 4.78 is 27.7. The van der Waals surface area contributed by atoms with Crippen LogP contribution in [0.25, 0.3) is 0 Å². The monoisotopic (exact) mass is 457 g/mol. The van der Waals surface area contributed by atoms with Gasteiger partial charge in [-0.25, -0.2) is 8.42 Å². The summed E-state index contributed by atoms with van der Waals surface area (Å²) in [6.07, 6.45) is 1.22. The number of aryl methyl sites for hydroxylation is 1. The Labute approximate surface area is 190 Å². The standard InChI is InChI=1S/C24H31N3O4S/c1-17-5-7-20(8-6-17)26-32(30,31)21-11-9-19(10-12-21)25-22(28)18-13-15-27(16-14-18)23(29)24(2,3)4/h5-12,18,26H,13-16H2,1-4H3,(H,25,28). The average molecular weight is 458 g/mol. The number of nitrogens with one attached hydrogen (secondary N) is 2. The third-order valence-electron chi connectivity index (χ3n) is 5.53. The summed E-state index contributed by atoms with van der Waals surface area (Å²) in [6.45, 7) is 8.75. The largest absolute Gasteiger partial charge is 0.342 e. The maximum absolute atomic E-state index is 12.6. The molecule has 32 heavy (non-hydrogen) atoms. The molecule has 172 valence electrons. The van der Waals surface area contributed by atoms with Crippen molar-refractivity contribution in [2.45, 2.75) is 45.4 Å². The van der Waals surface area contributed by atoms with Crippen molar-refractivity contribution in [2.75, 3.05) is 23.1 Å². The van der Waals surface area contributed by atoms with Crippen LogP contribution in [0.5, 0.6) is 0 Å². The Morgan fingerprint density at radius 2 is 1.44 bits per heavy atom. The minimum atomic E-state index is -3.72. The van der Waals surface area contributed by atoms with E-state index in [1.54, 1.807) is 24.3 Å². The highest BCUT2D eigenvalue weighted by molar-refractivity contribution is 7.92. The molecule has 1 aliphatic heterocycles. The van der Waals surface area contributed by atoms with E-state index in [1.165, 1.54) is 12.1 Å². The Kier molecular flexibility index (Phi) is 6.93. The van der Waals surface area contributed by atoms with Crippen LogP contribution in [0.4, 0.5) is 11.4 Å². The molecule has 1 saturated heterocycles. The molecule has 0 saturated carbocycles. The van der Waals surface area contributed by atoms with Crippen molar-refractivity contribution in [1.29, 1.82) is 0 Å². The first-order valence-corrected chi connectivity index (χ1v) is 12.2. The van der Waals surface area contributed by atoms with Crippen molar-refractivity contribution in [2.24, 2.45) is 11.3 Å². The second kappa shape index (κ2) is 9.32. The first-order valence-electron chi connectivity index (χ1n) is 10.8. The highest BCUT2D eigenvalue weighted by atomic mass is 32.2. The van der Waals surface area contributed by atoms with E-state index in [2.05, 4.69) is 10.0 Å². The number of hydrogen-bond acceptors (Lipinski definition) is 4. The van der Waals surface area contributed by atoms with E-state index in [1.807, 2.05) is 44.7 Å². The van der Waals surface area contributed by atoms with Crippen molar-refractivity contribution in [3.05, 3.63) is 54.1 Å². The normalized spacial score (nSPS) is 15.3. The highest BCUT2D eigenvalue weighted by Crippen LogP contribution is 2.25. The third kappa shape index (κ3) is 5.88. The zero-order valence-electron chi connectivity index (χ0n) is 19.0. The van der Waals surface area contributed by atoms with Gasteiger partial charge in [-0.15, -0.1) is 0 Å². The predicted molar refractivity (Wildman–Crippen MR) is 126 cm³/mol. The molecule has 2 N–H and O–H groups in total. The summed E-state index contributed by atoms with van der Waals surface area (Å²) in [4.78, 5) is 27.0. The molecule has 2 amide bonds. The molecule has 0 atom stereocenters. The van der Waals surface area contributed by atoms with Gasteiger partial charge in [0.2, 0.25) is 11.8 Å². The van der Waals surface area contributed by atoms with Gasteiger partial charge in [-0.1, -0.05) is 38.5 Å². The molecule has 1 fully saturated rings. The molecule has 8 heteroatoms. The highest BCUT2D eigenvalue weighted by Gasteiger charge is 2.32. The van der Waals surface area contributed by atoms with Crippen molar-refractivity contribution in [3.8, 4) is 0 Å². The topological polar surface area (TPSA) is 95.6 Å². The molecular formula is C24H31N3O4S. The summed E-state index contributed by atoms with van der Waals surface area (Å²) >= 11 is 0. The van der Waals surface area contributed by atoms with Gasteiger partial charge in [0.1, 0.15) is 0 Å². The Bertz CT molecular complexity index is 1060. The number of likely N-dealkylation sites (tertiary alicyclic amines) is 1. The number of carbonyl (C=O) groups excluding carboxylic acids is 2. The summed E-state index contributed by atoms with van der Waals surface area (Å²) in [5.74, 6) is -0.181. The summed E-state index contributed by atoms with van der Waals surface area (Å²) in [5.41, 5.74) is 1.65. The third-order valence-corrected chi connectivity index (χ3v) is 6.93. The van der Waals surface area contributed by atoms with E-state index < -0.39 is 15.4 Å². The first kappa shape index (κ1) is 23.8. The number of amides is 2. The smallest absolute Gasteiger partial charge is 0.261 e. The SMILES string of the molecule is Cc1ccc(NS(=O)(=O)c2ccc(NC(=O)C3CCN(C(=O)C(C)(C)C)CC3)cc2)cc1. The van der Waals surface area contributed by atoms with Gasteiger partial charge < -0.3 is 10.2 Å². The van der Waals surface area contributed by atoms with E-state index in [0.717, 1.165) is 5.56 Å². The number of anilines is 2. The minimum absolute atomic E-state index is 0.104. The van der Waals surface area contributed by atoms with Crippen LogP contribution in [0.2, 0.25) is 0 Å². The Morgan fingerprint density at radius 3 is 1.97 bits per heavy atom. The molecule has 0 spiro atoms. The number of rotatable bonds is 5. The summed E-state index contributed by atoms with van der Waals surface area (Å²) in [6, 6.07) is 13.2. The van der Waals surface area contributed by atoms with Crippen molar-refractivity contribution in [3.63, 3.8) is 0 Å². The summed E-state index contributed by atoms with van der Waals surface area (Å²) in [7, 11) is -3.72. The molecule has 1 aliphatic rings. The van der Waals surface area contributed by atoms with Gasteiger partial charge in [0.15, 0.2) is 0 Å². The van der Waals surface area contributed by atoms with E-state index in [4.69, 9.17) is 0 Å². The van der Waals surface area contributed by atoms with Crippen LogP contribution in [0.3, 0.4) is 0 Å². The molecule has 0 bridgehead atoms. The second-order valence-electron chi connectivity index (χ2n) is 9.30. The van der Waals surface area contributed by atoms with Crippen molar-refractivity contribution in [1.82, 2.24) is 4.90 Å². The zero-order chi connectivity index (χ0) is 23.5. The maximum atomic E-state index is 12.6. The van der Waals surface area contributed by atoms with Crippen LogP contribution in [0.15, 0.2) is 53.4 Å². The molecule has 2 aromatic rings. The Balaban J connectivity index is 1.57. The lowest BCUT2D eigenvalue weighted by molar-refractivity contribution is -0.142. The molecule has 7 nitrogen and oxygen atoms in total. The van der Waals surface area contributed by atoms with Crippen molar-refractivity contribution < 1.29 is 18.0 Å². The van der Waals surface area contributed by atoms with Gasteiger partial charge in [0, 0.05) is 35.8 Å². The van der Waals surface area contributed by atoms with Crippen LogP contribution in [0.1, 0.15) is 39.2 Å². The number of nitrogens with zero attached hydrogens (tertiary/aromatic N) is 1. The molecule has 2 aromatic carbocycles. The minimum Gasteiger partial charge on any atom is -0.342 e. The Morgan fingerprint density at radius 1 is 0.906 bits per heavy atom. The van der Waals surface area contributed by atoms with Gasteiger partial charge in [-0.3, -0.25) is 14.3 Å². The van der Waals surface area contributed by atoms with Gasteiger partial charge in [0.25, 0.3) is 10.0 Å². The van der Waals surface area contributed by atoms with E-state index >= 15 is 0 Å². The fourth-order valence-corrected chi connectivity index (χ4v) is 4.68. The van der Waals surface area contributed by atoms with Crippen LogP contribution in [0, 0.1) is 18.3 Å². The first-order chi connectivity index (χ1) is 15.0. The number of carbonyl (C=O) groups is 2. The molecular weight excluding hydrogens is 426 g/mol. The molecule has 3 rings (SSSR count). The van der Waals surface area contributed by atoms with E-state index in [0.29, 0.717) is 37.3 Å². The lowest BCUT2D eigenvalue weighted by atomic mass is 9.90. The van der Waals surface area contributed by atoms with E-state index in [9.17, 15) is 18.0 Å². The van der Waals surface area contributed by atoms with Gasteiger partial charge >= 0.3 is 0 Å². The molecule has 0 aromatic heterocycles. The van der Waals surface area contributed by atoms with Crippen LogP contribution in [-0.4, -0.2) is 38.2 Å². The van der Waals surface area contributed by atoms with Crippen LogP contribution in [-0.2, 0) is 19.6 Å². The summed E-state index contributed by atoms with van der Waals surface area (Å²) in [5, 5.41) is 2.86. The fourth-order valence-electron chi connectivity index (χ4n) is 3.62.